The second-order valence-corrected chi connectivity index (χ2v) is 8.76. The van der Waals surface area contributed by atoms with Gasteiger partial charge in [-0.25, -0.2) is 4.79 Å². The first-order valence-corrected chi connectivity index (χ1v) is 11.1. The molecule has 34 heavy (non-hydrogen) atoms. The number of fused-ring (bicyclic) bond motifs is 4. The van der Waals surface area contributed by atoms with Gasteiger partial charge in [-0.1, -0.05) is 24.8 Å². The Bertz CT molecular complexity index is 1140. The quantitative estimate of drug-likeness (QED) is 0.571. The molecule has 6 heteroatoms. The van der Waals surface area contributed by atoms with Crippen LogP contribution in [0.3, 0.4) is 0 Å². The third kappa shape index (κ3) is 4.23. The molecule has 178 valence electrons. The van der Waals surface area contributed by atoms with Crippen LogP contribution in [0.15, 0.2) is 72.4 Å². The van der Waals surface area contributed by atoms with E-state index < -0.39 is 5.60 Å². The molecule has 0 atom stereocenters. The maximum Gasteiger partial charge on any atom is 0.340 e. The van der Waals surface area contributed by atoms with Gasteiger partial charge in [-0.15, -0.1) is 0 Å². The number of hydrogen-bond donors (Lipinski definition) is 0. The van der Waals surface area contributed by atoms with Gasteiger partial charge in [0.15, 0.2) is 5.60 Å². The first-order valence-electron chi connectivity index (χ1n) is 11.1. The van der Waals surface area contributed by atoms with Crippen LogP contribution in [0.2, 0.25) is 0 Å². The highest BCUT2D eigenvalue weighted by Crippen LogP contribution is 2.57. The summed E-state index contributed by atoms with van der Waals surface area (Å²) in [6, 6.07) is 11.9. The average molecular weight is 461 g/mol. The van der Waals surface area contributed by atoms with E-state index in [-0.39, 0.29) is 11.8 Å². The lowest BCUT2D eigenvalue weighted by Crippen LogP contribution is -2.34. The summed E-state index contributed by atoms with van der Waals surface area (Å²) in [6.07, 6.45) is 5.34. The topological polar surface area (TPSA) is 59.1 Å². The summed E-state index contributed by atoms with van der Waals surface area (Å²) in [6.45, 7) is 8.95. The van der Waals surface area contributed by atoms with Crippen LogP contribution in [-0.4, -0.2) is 39.9 Å². The van der Waals surface area contributed by atoms with Crippen molar-refractivity contribution in [3.63, 3.8) is 0 Å². The monoisotopic (exact) mass is 460 g/mol. The van der Waals surface area contributed by atoms with E-state index in [4.69, 9.17) is 9.47 Å². The van der Waals surface area contributed by atoms with E-state index in [1.807, 2.05) is 87.4 Å². The van der Waals surface area contributed by atoms with E-state index >= 15 is 0 Å². The zero-order chi connectivity index (χ0) is 25.2. The minimum absolute atomic E-state index is 0.167. The predicted octanol–water partition coefficient (Wildman–Crippen LogP) is 5.38. The zero-order valence-electron chi connectivity index (χ0n) is 20.9. The fourth-order valence-electron chi connectivity index (χ4n) is 4.12. The van der Waals surface area contributed by atoms with Crippen LogP contribution < -0.4 is 14.5 Å². The minimum Gasteiger partial charge on any atom is -0.456 e. The maximum absolute atomic E-state index is 12.9. The van der Waals surface area contributed by atoms with Gasteiger partial charge >= 0.3 is 5.97 Å². The molecule has 4 rings (SSSR count). The number of nitrogens with zero attached hydrogens (tertiary/aromatic N) is 2. The first-order chi connectivity index (χ1) is 16.1. The third-order valence-electron chi connectivity index (χ3n) is 5.61. The van der Waals surface area contributed by atoms with Crippen molar-refractivity contribution in [2.45, 2.75) is 26.4 Å². The predicted molar refractivity (Wildman–Crippen MR) is 137 cm³/mol. The molecule has 2 aliphatic rings. The van der Waals surface area contributed by atoms with Crippen molar-refractivity contribution in [3.05, 3.63) is 83.5 Å². The maximum atomic E-state index is 12.9. The molecule has 0 N–H and O–H groups in total. The molecule has 2 heterocycles. The number of anilines is 2. The average Bonchev–Trinajstić information content (AvgIpc) is 3.04. The zero-order valence-corrected chi connectivity index (χ0v) is 20.9. The summed E-state index contributed by atoms with van der Waals surface area (Å²) in [7, 11) is 7.92. The summed E-state index contributed by atoms with van der Waals surface area (Å²) in [5.74, 6) is 1.13. The van der Waals surface area contributed by atoms with Gasteiger partial charge in [-0.05, 0) is 45.0 Å². The normalized spacial score (nSPS) is 15.1. The Morgan fingerprint density at radius 1 is 0.941 bits per heavy atom. The Morgan fingerprint density at radius 2 is 1.41 bits per heavy atom. The van der Waals surface area contributed by atoms with Gasteiger partial charge < -0.3 is 24.1 Å². The van der Waals surface area contributed by atoms with Crippen LogP contribution in [0.25, 0.3) is 0 Å². The van der Waals surface area contributed by atoms with E-state index in [1.54, 1.807) is 12.2 Å². The van der Waals surface area contributed by atoms with Crippen LogP contribution in [0.1, 0.15) is 31.9 Å². The molecule has 0 aromatic heterocycles. The van der Waals surface area contributed by atoms with Gasteiger partial charge in [0, 0.05) is 68.4 Å². The van der Waals surface area contributed by atoms with E-state index in [0.717, 1.165) is 28.1 Å². The molecular formula is C28H32N2O4. The second-order valence-electron chi connectivity index (χ2n) is 8.76. The molecule has 0 unspecified atom stereocenters. The van der Waals surface area contributed by atoms with Crippen molar-refractivity contribution in [2.75, 3.05) is 38.0 Å². The highest BCUT2D eigenvalue weighted by Gasteiger charge is 2.53. The summed E-state index contributed by atoms with van der Waals surface area (Å²) < 4.78 is 12.5. The number of carbonyl (C=O) groups is 2. The van der Waals surface area contributed by atoms with Gasteiger partial charge in [0.1, 0.15) is 17.3 Å². The Balaban J connectivity index is 0.000000751. The van der Waals surface area contributed by atoms with E-state index in [9.17, 15) is 9.59 Å². The number of benzene rings is 2. The molecule has 0 fully saturated rings. The Morgan fingerprint density at radius 3 is 1.79 bits per heavy atom. The molecule has 0 saturated carbocycles. The minimum atomic E-state index is -1.09. The molecule has 0 saturated heterocycles. The summed E-state index contributed by atoms with van der Waals surface area (Å²) >= 11 is 0. The third-order valence-corrected chi connectivity index (χ3v) is 5.61. The molecule has 2 aromatic carbocycles. The van der Waals surface area contributed by atoms with E-state index in [1.165, 1.54) is 13.8 Å². The van der Waals surface area contributed by atoms with Gasteiger partial charge in [0.05, 0.1) is 5.57 Å². The van der Waals surface area contributed by atoms with Crippen molar-refractivity contribution in [3.8, 4) is 11.5 Å². The summed E-state index contributed by atoms with van der Waals surface area (Å²) in [4.78, 5) is 26.4. The number of ether oxygens (including phenoxy) is 2. The Labute approximate surface area is 201 Å². The molecule has 1 spiro atoms. The van der Waals surface area contributed by atoms with Crippen molar-refractivity contribution in [1.82, 2.24) is 0 Å². The highest BCUT2D eigenvalue weighted by atomic mass is 16.6. The molecule has 0 radical (unpaired) electrons. The number of rotatable bonds is 4. The lowest BCUT2D eigenvalue weighted by atomic mass is 9.77. The highest BCUT2D eigenvalue weighted by molar-refractivity contribution is 5.98. The SMILES string of the molecule is C=CC1=C(/C=C\C)C(=O)OC12c1ccc(N(C)C)cc1Oc1cc(N(C)C)ccc12.CC(C)=O. The number of esters is 1. The fourth-order valence-corrected chi connectivity index (χ4v) is 4.12. The fraction of sp³-hybridized carbons (Fsp3) is 0.286. The first kappa shape index (κ1) is 24.8. The van der Waals surface area contributed by atoms with Gasteiger partial charge in [-0.3, -0.25) is 0 Å². The Hall–Kier alpha value is -3.80. The standard InChI is InChI=1S/C25H26N2O3.C3H6O/c1-7-9-18-19(8-2)25(30-24(18)28)20-12-10-16(26(3)4)14-22(20)29-23-15-17(27(5)6)11-13-21(23)25;1-3(2)4/h7-15H,2H2,1,3-6H3;1-2H3/b9-7-;. The Kier molecular flexibility index (Phi) is 7.01. The van der Waals surface area contributed by atoms with Crippen LogP contribution in [0.5, 0.6) is 11.5 Å². The van der Waals surface area contributed by atoms with Crippen LogP contribution >= 0.6 is 0 Å². The molecule has 0 amide bonds. The molecule has 6 nitrogen and oxygen atoms in total. The number of hydrogen-bond acceptors (Lipinski definition) is 6. The second kappa shape index (κ2) is 9.59. The molecule has 0 bridgehead atoms. The van der Waals surface area contributed by atoms with Crippen LogP contribution in [-0.2, 0) is 19.9 Å². The number of Topliss-reactive ketones (excluding diaryl/α,β-unsaturated/α-hetero) is 1. The van der Waals surface area contributed by atoms with E-state index in [2.05, 4.69) is 6.58 Å². The number of carbonyl (C=O) groups excluding carboxylic acids is 2. The molecular weight excluding hydrogens is 428 g/mol. The van der Waals surface area contributed by atoms with Crippen molar-refractivity contribution in [1.29, 1.82) is 0 Å². The summed E-state index contributed by atoms with van der Waals surface area (Å²) in [5.41, 5.74) is 3.73. The van der Waals surface area contributed by atoms with Gasteiger partial charge in [-0.2, -0.15) is 0 Å². The van der Waals surface area contributed by atoms with Gasteiger partial charge in [0.25, 0.3) is 0 Å². The molecule has 0 aliphatic carbocycles. The molecule has 2 aromatic rings. The largest absolute Gasteiger partial charge is 0.456 e. The smallest absolute Gasteiger partial charge is 0.340 e. The van der Waals surface area contributed by atoms with Crippen molar-refractivity contribution >= 4 is 23.1 Å². The lowest BCUT2D eigenvalue weighted by Gasteiger charge is -2.38. The van der Waals surface area contributed by atoms with Crippen LogP contribution in [0, 0.1) is 0 Å². The lowest BCUT2D eigenvalue weighted by molar-refractivity contribution is -0.144. The molecule has 2 aliphatic heterocycles. The summed E-state index contributed by atoms with van der Waals surface area (Å²) in [5, 5.41) is 0. The van der Waals surface area contributed by atoms with Crippen LogP contribution in [0.4, 0.5) is 11.4 Å². The van der Waals surface area contributed by atoms with E-state index in [0.29, 0.717) is 17.1 Å². The number of allylic oxidation sites excluding steroid dienone is 1. The van der Waals surface area contributed by atoms with Gasteiger partial charge in [0.2, 0.25) is 0 Å². The van der Waals surface area contributed by atoms with Crippen molar-refractivity contribution in [2.24, 2.45) is 0 Å². The number of ketones is 1. The van der Waals surface area contributed by atoms with Crippen molar-refractivity contribution < 1.29 is 19.1 Å².